The van der Waals surface area contributed by atoms with Crippen LogP contribution >= 0.6 is 0 Å². The van der Waals surface area contributed by atoms with E-state index >= 15 is 0 Å². The third kappa shape index (κ3) is 6.51. The summed E-state index contributed by atoms with van der Waals surface area (Å²) in [7, 11) is 0. The summed E-state index contributed by atoms with van der Waals surface area (Å²) >= 11 is 0. The lowest BCUT2D eigenvalue weighted by Gasteiger charge is -2.13. The van der Waals surface area contributed by atoms with E-state index in [0.717, 1.165) is 94.0 Å². The second-order valence-corrected chi connectivity index (χ2v) is 15.9. The van der Waals surface area contributed by atoms with Gasteiger partial charge in [-0.3, -0.25) is 0 Å². The Kier molecular flexibility index (Phi) is 8.75. The molecule has 0 aliphatic carbocycles. The summed E-state index contributed by atoms with van der Waals surface area (Å²) in [6, 6.07) is 78.6. The molecule has 0 unspecified atom stereocenters. The summed E-state index contributed by atoms with van der Waals surface area (Å²) in [5.74, 6) is 1.82. The van der Waals surface area contributed by atoms with Gasteiger partial charge in [-0.2, -0.15) is 0 Å². The van der Waals surface area contributed by atoms with E-state index in [1.807, 2.05) is 12.1 Å². The van der Waals surface area contributed by atoms with E-state index in [0.29, 0.717) is 17.5 Å². The minimum Gasteiger partial charge on any atom is -0.308 e. The first-order valence-corrected chi connectivity index (χ1v) is 21.2. The van der Waals surface area contributed by atoms with Crippen molar-refractivity contribution >= 4 is 43.5 Å². The van der Waals surface area contributed by atoms with Gasteiger partial charge >= 0.3 is 0 Å². The zero-order valence-electron chi connectivity index (χ0n) is 34.1. The van der Waals surface area contributed by atoms with Gasteiger partial charge in [0.25, 0.3) is 0 Å². The fraction of sp³-hybridized carbons (Fsp3) is 0. The molecule has 5 nitrogen and oxygen atoms in total. The predicted octanol–water partition coefficient (Wildman–Crippen LogP) is 14.7. The fourth-order valence-corrected chi connectivity index (χ4v) is 8.95. The van der Waals surface area contributed by atoms with Crippen molar-refractivity contribution in [2.75, 3.05) is 0 Å². The van der Waals surface area contributed by atoms with Gasteiger partial charge in [0.15, 0.2) is 17.5 Å². The van der Waals surface area contributed by atoms with E-state index in [1.165, 1.54) is 5.39 Å². The van der Waals surface area contributed by atoms with E-state index in [2.05, 4.69) is 217 Å². The molecule has 3 heterocycles. The molecular weight excluding hydrogens is 767 g/mol. The maximum absolute atomic E-state index is 5.50. The first-order chi connectivity index (χ1) is 31.2. The van der Waals surface area contributed by atoms with Crippen LogP contribution in [-0.4, -0.2) is 24.5 Å². The predicted molar refractivity (Wildman–Crippen MR) is 260 cm³/mol. The van der Waals surface area contributed by atoms with E-state index in [9.17, 15) is 0 Å². The number of aromatic nitrogens is 5. The molecule has 0 aliphatic rings. The van der Waals surface area contributed by atoms with Gasteiger partial charge in [0.05, 0.1) is 22.2 Å². The number of nitrogens with zero attached hydrogens (tertiary/aromatic N) is 5. The molecule has 0 atom stereocenters. The van der Waals surface area contributed by atoms with Crippen LogP contribution in [0.1, 0.15) is 0 Å². The first kappa shape index (κ1) is 36.3. The van der Waals surface area contributed by atoms with Gasteiger partial charge in [0, 0.05) is 44.1 Å². The molecule has 0 amide bonds. The summed E-state index contributed by atoms with van der Waals surface area (Å²) in [5, 5.41) is 5.73. The summed E-state index contributed by atoms with van der Waals surface area (Å²) in [5.41, 5.74) is 13.5. The fourth-order valence-electron chi connectivity index (χ4n) is 8.95. The molecule has 0 radical (unpaired) electrons. The number of para-hydroxylation sites is 2. The molecule has 0 aliphatic heterocycles. The van der Waals surface area contributed by atoms with Crippen molar-refractivity contribution in [3.8, 4) is 73.4 Å². The highest BCUT2D eigenvalue weighted by atomic mass is 15.0. The van der Waals surface area contributed by atoms with Crippen LogP contribution in [0.3, 0.4) is 0 Å². The van der Waals surface area contributed by atoms with Gasteiger partial charge in [-0.1, -0.05) is 182 Å². The second-order valence-electron chi connectivity index (χ2n) is 15.9. The average Bonchev–Trinajstić information content (AvgIpc) is 3.72. The number of benzene rings is 9. The Balaban J connectivity index is 1.04. The molecule has 0 N–H and O–H groups in total. The van der Waals surface area contributed by atoms with Crippen LogP contribution in [0, 0.1) is 0 Å². The van der Waals surface area contributed by atoms with Crippen LogP contribution in [0.15, 0.2) is 224 Å². The van der Waals surface area contributed by atoms with Gasteiger partial charge in [0.2, 0.25) is 0 Å². The number of hydrogen-bond acceptors (Lipinski definition) is 4. The average molecular weight is 804 g/mol. The summed E-state index contributed by atoms with van der Waals surface area (Å²) < 4.78 is 2.40. The van der Waals surface area contributed by atoms with Crippen LogP contribution in [0.4, 0.5) is 0 Å². The largest absolute Gasteiger partial charge is 0.308 e. The highest BCUT2D eigenvalue weighted by Gasteiger charge is 2.22. The molecule has 3 aromatic heterocycles. The molecule has 5 heteroatoms. The lowest BCUT2D eigenvalue weighted by molar-refractivity contribution is 1.07. The van der Waals surface area contributed by atoms with Gasteiger partial charge in [-0.25, -0.2) is 19.9 Å². The number of rotatable bonds is 7. The zero-order chi connectivity index (χ0) is 41.7. The molecule has 0 bridgehead atoms. The zero-order valence-corrected chi connectivity index (χ0v) is 34.1. The molecule has 0 spiro atoms. The van der Waals surface area contributed by atoms with Crippen LogP contribution in [0.25, 0.3) is 117 Å². The van der Waals surface area contributed by atoms with Crippen molar-refractivity contribution < 1.29 is 0 Å². The van der Waals surface area contributed by atoms with Gasteiger partial charge in [-0.15, -0.1) is 0 Å². The monoisotopic (exact) mass is 803 g/mol. The molecule has 0 saturated carbocycles. The molecule has 294 valence electrons. The van der Waals surface area contributed by atoms with Crippen LogP contribution < -0.4 is 0 Å². The number of hydrogen-bond donors (Lipinski definition) is 0. The van der Waals surface area contributed by atoms with Crippen molar-refractivity contribution in [3.05, 3.63) is 224 Å². The minimum atomic E-state index is 0.598. The van der Waals surface area contributed by atoms with E-state index in [1.54, 1.807) is 0 Å². The second kappa shape index (κ2) is 15.2. The lowest BCUT2D eigenvalue weighted by atomic mass is 9.99. The Morgan fingerprint density at radius 1 is 0.302 bits per heavy atom. The van der Waals surface area contributed by atoms with Crippen LogP contribution in [0.5, 0.6) is 0 Å². The molecule has 0 saturated heterocycles. The maximum Gasteiger partial charge on any atom is 0.164 e. The van der Waals surface area contributed by atoms with Crippen molar-refractivity contribution in [3.63, 3.8) is 0 Å². The van der Waals surface area contributed by atoms with E-state index in [-0.39, 0.29) is 0 Å². The normalized spacial score (nSPS) is 11.5. The lowest BCUT2D eigenvalue weighted by Crippen LogP contribution is -2.00. The van der Waals surface area contributed by atoms with Gasteiger partial charge in [-0.05, 0) is 75.5 Å². The summed E-state index contributed by atoms with van der Waals surface area (Å²) in [6.45, 7) is 0. The Morgan fingerprint density at radius 3 is 1.40 bits per heavy atom. The Hall–Kier alpha value is -8.54. The maximum atomic E-state index is 5.50. The molecule has 9 aromatic carbocycles. The standard InChI is InChI=1S/C58H37N5/c1-4-16-38(17-5-1)42-22-14-24-46(34-42)57-60-56(61-58(62-57)47-25-15-23-43(35-47)39-18-6-2-7-19-39)41-32-30-40(31-33-41)54-53-49-28-12-13-29-52(49)63(48-26-8-3-9-27-48)55(53)50-36-44-20-10-11-21-45(44)37-51(50)59-54/h1-37H. The third-order valence-electron chi connectivity index (χ3n) is 12.0. The van der Waals surface area contributed by atoms with E-state index in [4.69, 9.17) is 19.9 Å². The number of pyridine rings is 1. The van der Waals surface area contributed by atoms with Crippen LogP contribution in [-0.2, 0) is 0 Å². The topological polar surface area (TPSA) is 56.5 Å². The smallest absolute Gasteiger partial charge is 0.164 e. The van der Waals surface area contributed by atoms with Crippen LogP contribution in [0.2, 0.25) is 0 Å². The highest BCUT2D eigenvalue weighted by Crippen LogP contribution is 2.42. The first-order valence-electron chi connectivity index (χ1n) is 21.2. The van der Waals surface area contributed by atoms with Gasteiger partial charge < -0.3 is 4.57 Å². The quantitative estimate of drug-likeness (QED) is 0.151. The van der Waals surface area contributed by atoms with Crippen molar-refractivity contribution in [1.82, 2.24) is 24.5 Å². The van der Waals surface area contributed by atoms with Crippen molar-refractivity contribution in [2.24, 2.45) is 0 Å². The third-order valence-corrected chi connectivity index (χ3v) is 12.0. The SMILES string of the molecule is c1ccc(-c2cccc(-c3nc(-c4ccc(-c5nc6cc7ccccc7cc6c6c5c5ccccc5n6-c5ccccc5)cc4)nc(-c4cccc(-c5ccccc5)c4)n3)c2)cc1. The van der Waals surface area contributed by atoms with Gasteiger partial charge in [0.1, 0.15) is 0 Å². The Bertz CT molecular complexity index is 3550. The molecule has 12 aromatic rings. The van der Waals surface area contributed by atoms with E-state index < -0.39 is 0 Å². The highest BCUT2D eigenvalue weighted by molar-refractivity contribution is 6.23. The Labute approximate surface area is 364 Å². The molecule has 0 fully saturated rings. The minimum absolute atomic E-state index is 0.598. The number of fused-ring (bicyclic) bond motifs is 6. The van der Waals surface area contributed by atoms with Crippen molar-refractivity contribution in [2.45, 2.75) is 0 Å². The molecule has 63 heavy (non-hydrogen) atoms. The Morgan fingerprint density at radius 2 is 0.778 bits per heavy atom. The molecule has 12 rings (SSSR count). The summed E-state index contributed by atoms with van der Waals surface area (Å²) in [4.78, 5) is 21.0. The van der Waals surface area contributed by atoms with Crippen molar-refractivity contribution in [1.29, 1.82) is 0 Å². The summed E-state index contributed by atoms with van der Waals surface area (Å²) in [6.07, 6.45) is 0. The molecular formula is C58H37N5.